The minimum atomic E-state index is -0.988. The predicted octanol–water partition coefficient (Wildman–Crippen LogP) is 0.511. The Labute approximate surface area is 104 Å². The Morgan fingerprint density at radius 3 is 2.94 bits per heavy atom. The Kier molecular flexibility index (Phi) is 2.63. The molecule has 5 nitrogen and oxygen atoms in total. The van der Waals surface area contributed by atoms with Crippen molar-refractivity contribution >= 4 is 5.97 Å². The average molecular weight is 249 g/mol. The summed E-state index contributed by atoms with van der Waals surface area (Å²) in [5.41, 5.74) is 8.73. The molecule has 0 aromatic heterocycles. The molecule has 1 aromatic rings. The van der Waals surface area contributed by atoms with Crippen LogP contribution >= 0.6 is 0 Å². The van der Waals surface area contributed by atoms with Crippen LogP contribution in [-0.4, -0.2) is 30.3 Å². The minimum absolute atomic E-state index is 0.296. The smallest absolute Gasteiger partial charge is 0.320 e. The number of hydrogen-bond donors (Lipinski definition) is 2. The third-order valence-electron chi connectivity index (χ3n) is 3.50. The first kappa shape index (κ1) is 11.3. The van der Waals surface area contributed by atoms with Crippen LogP contribution in [0.3, 0.4) is 0 Å². The molecule has 0 saturated heterocycles. The van der Waals surface area contributed by atoms with Crippen LogP contribution in [0.1, 0.15) is 16.7 Å². The quantitative estimate of drug-likeness (QED) is 0.815. The summed E-state index contributed by atoms with van der Waals surface area (Å²) in [5.74, 6) is 0.709. The standard InChI is InChI=1S/C13H15NO4/c14-10(13(15)16)6-9-8-2-4-17-11(8)5-7-1-3-18-12(7)9/h5,10H,1-4,6,14H2,(H,15,16). The fourth-order valence-corrected chi connectivity index (χ4v) is 2.61. The molecule has 96 valence electrons. The van der Waals surface area contributed by atoms with Gasteiger partial charge >= 0.3 is 5.97 Å². The van der Waals surface area contributed by atoms with E-state index in [4.69, 9.17) is 20.3 Å². The van der Waals surface area contributed by atoms with E-state index in [0.717, 1.165) is 41.0 Å². The number of hydrogen-bond acceptors (Lipinski definition) is 4. The fourth-order valence-electron chi connectivity index (χ4n) is 2.61. The van der Waals surface area contributed by atoms with Crippen LogP contribution < -0.4 is 15.2 Å². The van der Waals surface area contributed by atoms with Crippen LogP contribution in [0.2, 0.25) is 0 Å². The van der Waals surface area contributed by atoms with Crippen LogP contribution in [0.5, 0.6) is 11.5 Å². The number of aliphatic carboxylic acids is 1. The number of carbonyl (C=O) groups is 1. The van der Waals surface area contributed by atoms with E-state index in [1.165, 1.54) is 0 Å². The van der Waals surface area contributed by atoms with Crippen molar-refractivity contribution in [1.29, 1.82) is 0 Å². The molecule has 1 unspecified atom stereocenters. The zero-order valence-corrected chi connectivity index (χ0v) is 9.94. The highest BCUT2D eigenvalue weighted by Crippen LogP contribution is 2.40. The van der Waals surface area contributed by atoms with Crippen molar-refractivity contribution in [3.8, 4) is 11.5 Å². The average Bonchev–Trinajstić information content (AvgIpc) is 2.95. The molecule has 0 bridgehead atoms. The Bertz CT molecular complexity index is 480. The zero-order chi connectivity index (χ0) is 12.7. The Morgan fingerprint density at radius 2 is 2.17 bits per heavy atom. The van der Waals surface area contributed by atoms with Crippen molar-refractivity contribution in [2.24, 2.45) is 5.73 Å². The van der Waals surface area contributed by atoms with Crippen LogP contribution in [0.4, 0.5) is 0 Å². The first-order valence-corrected chi connectivity index (χ1v) is 6.08. The minimum Gasteiger partial charge on any atom is -0.493 e. The van der Waals surface area contributed by atoms with Crippen molar-refractivity contribution in [2.45, 2.75) is 25.3 Å². The van der Waals surface area contributed by atoms with Gasteiger partial charge in [-0.25, -0.2) is 0 Å². The number of nitrogens with two attached hydrogens (primary N) is 1. The molecule has 0 radical (unpaired) electrons. The van der Waals surface area contributed by atoms with Crippen molar-refractivity contribution in [1.82, 2.24) is 0 Å². The topological polar surface area (TPSA) is 81.8 Å². The van der Waals surface area contributed by atoms with Crippen molar-refractivity contribution in [2.75, 3.05) is 13.2 Å². The van der Waals surface area contributed by atoms with Gasteiger partial charge in [-0.15, -0.1) is 0 Å². The monoisotopic (exact) mass is 249 g/mol. The van der Waals surface area contributed by atoms with Gasteiger partial charge < -0.3 is 20.3 Å². The molecule has 18 heavy (non-hydrogen) atoms. The number of fused-ring (bicyclic) bond motifs is 2. The maximum Gasteiger partial charge on any atom is 0.320 e. The summed E-state index contributed by atoms with van der Waals surface area (Å²) in [6.07, 6.45) is 1.94. The summed E-state index contributed by atoms with van der Waals surface area (Å²) in [6, 6.07) is 1.12. The highest BCUT2D eigenvalue weighted by molar-refractivity contribution is 5.74. The maximum atomic E-state index is 10.9. The van der Waals surface area contributed by atoms with Crippen LogP contribution in [0.25, 0.3) is 0 Å². The predicted molar refractivity (Wildman–Crippen MR) is 64.2 cm³/mol. The molecule has 0 fully saturated rings. The lowest BCUT2D eigenvalue weighted by atomic mass is 9.95. The van der Waals surface area contributed by atoms with E-state index in [0.29, 0.717) is 19.6 Å². The van der Waals surface area contributed by atoms with E-state index >= 15 is 0 Å². The molecule has 0 saturated carbocycles. The van der Waals surface area contributed by atoms with Gasteiger partial charge in [-0.1, -0.05) is 0 Å². The Balaban J connectivity index is 2.04. The molecule has 2 aliphatic heterocycles. The van der Waals surface area contributed by atoms with Gasteiger partial charge in [0.25, 0.3) is 0 Å². The Morgan fingerprint density at radius 1 is 1.39 bits per heavy atom. The fraction of sp³-hybridized carbons (Fsp3) is 0.462. The third-order valence-corrected chi connectivity index (χ3v) is 3.50. The van der Waals surface area contributed by atoms with Gasteiger partial charge in [0.15, 0.2) is 0 Å². The lowest BCUT2D eigenvalue weighted by molar-refractivity contribution is -0.138. The number of rotatable bonds is 3. The molecular weight excluding hydrogens is 234 g/mol. The number of carboxylic acids is 1. The number of carboxylic acid groups (broad SMARTS) is 1. The van der Waals surface area contributed by atoms with Crippen LogP contribution in [-0.2, 0) is 24.1 Å². The molecule has 1 atom stereocenters. The largest absolute Gasteiger partial charge is 0.493 e. The van der Waals surface area contributed by atoms with Crippen LogP contribution in [0.15, 0.2) is 6.07 Å². The maximum absolute atomic E-state index is 10.9. The summed E-state index contributed by atoms with van der Waals surface area (Å²) >= 11 is 0. The second-order valence-electron chi connectivity index (χ2n) is 4.67. The van der Waals surface area contributed by atoms with Gasteiger partial charge in [0.2, 0.25) is 0 Å². The molecule has 3 N–H and O–H groups in total. The van der Waals surface area contributed by atoms with E-state index in [1.54, 1.807) is 0 Å². The first-order chi connectivity index (χ1) is 8.66. The summed E-state index contributed by atoms with van der Waals surface area (Å²) in [7, 11) is 0. The summed E-state index contributed by atoms with van der Waals surface area (Å²) in [5, 5.41) is 8.94. The lowest BCUT2D eigenvalue weighted by Crippen LogP contribution is -2.32. The van der Waals surface area contributed by atoms with Crippen molar-refractivity contribution < 1.29 is 19.4 Å². The Hall–Kier alpha value is -1.75. The van der Waals surface area contributed by atoms with Gasteiger partial charge in [-0.3, -0.25) is 4.79 Å². The second kappa shape index (κ2) is 4.17. The van der Waals surface area contributed by atoms with Gasteiger partial charge in [0, 0.05) is 36.0 Å². The molecule has 3 rings (SSSR count). The zero-order valence-electron chi connectivity index (χ0n) is 9.94. The summed E-state index contributed by atoms with van der Waals surface area (Å²) in [4.78, 5) is 10.9. The van der Waals surface area contributed by atoms with E-state index in [9.17, 15) is 4.79 Å². The van der Waals surface area contributed by atoms with Crippen LogP contribution in [0, 0.1) is 0 Å². The SMILES string of the molecule is NC(Cc1c2c(cc3c1OCC3)OCC2)C(=O)O. The molecule has 1 aromatic carbocycles. The van der Waals surface area contributed by atoms with Crippen molar-refractivity contribution in [3.63, 3.8) is 0 Å². The number of benzene rings is 1. The van der Waals surface area contributed by atoms with Gasteiger partial charge in [0.05, 0.1) is 13.2 Å². The molecule has 2 aliphatic rings. The highest BCUT2D eigenvalue weighted by Gasteiger charge is 2.28. The molecule has 0 spiro atoms. The van der Waals surface area contributed by atoms with Crippen molar-refractivity contribution in [3.05, 3.63) is 22.8 Å². The van der Waals surface area contributed by atoms with E-state index in [2.05, 4.69) is 0 Å². The van der Waals surface area contributed by atoms with E-state index < -0.39 is 12.0 Å². The molecule has 0 amide bonds. The summed E-state index contributed by atoms with van der Waals surface area (Å²) < 4.78 is 11.2. The third kappa shape index (κ3) is 1.71. The first-order valence-electron chi connectivity index (χ1n) is 6.08. The molecular formula is C13H15NO4. The number of ether oxygens (including phenoxy) is 2. The lowest BCUT2D eigenvalue weighted by Gasteiger charge is -2.14. The van der Waals surface area contributed by atoms with E-state index in [-0.39, 0.29) is 0 Å². The molecule has 2 heterocycles. The summed E-state index contributed by atoms with van der Waals surface area (Å²) in [6.45, 7) is 1.29. The molecule has 0 aliphatic carbocycles. The normalized spacial score (nSPS) is 17.6. The van der Waals surface area contributed by atoms with Gasteiger partial charge in [0.1, 0.15) is 17.5 Å². The highest BCUT2D eigenvalue weighted by atomic mass is 16.5. The van der Waals surface area contributed by atoms with Gasteiger partial charge in [-0.2, -0.15) is 0 Å². The molecule has 5 heteroatoms. The second-order valence-corrected chi connectivity index (χ2v) is 4.67. The van der Waals surface area contributed by atoms with Gasteiger partial charge in [-0.05, 0) is 6.07 Å². The van der Waals surface area contributed by atoms with E-state index in [1.807, 2.05) is 6.07 Å².